The quantitative estimate of drug-likeness (QED) is 0.768. The van der Waals surface area contributed by atoms with Crippen molar-refractivity contribution < 1.29 is 17.9 Å². The minimum Gasteiger partial charge on any atom is -0.494 e. The van der Waals surface area contributed by atoms with E-state index in [2.05, 4.69) is 5.32 Å². The number of nitrogens with one attached hydrogen (secondary N) is 1. The third-order valence-corrected chi connectivity index (χ3v) is 4.84. The summed E-state index contributed by atoms with van der Waals surface area (Å²) < 4.78 is 30.6. The van der Waals surface area contributed by atoms with E-state index in [1.54, 1.807) is 18.2 Å². The number of amides is 1. The molecule has 0 unspecified atom stereocenters. The molecule has 0 saturated heterocycles. The fraction of sp³-hybridized carbons (Fsp3) is 0.316. The second-order valence-corrected chi connectivity index (χ2v) is 7.87. The number of anilines is 1. The van der Waals surface area contributed by atoms with E-state index in [1.807, 2.05) is 44.2 Å². The zero-order chi connectivity index (χ0) is 19.2. The van der Waals surface area contributed by atoms with Crippen LogP contribution in [0.3, 0.4) is 0 Å². The van der Waals surface area contributed by atoms with Crippen molar-refractivity contribution in [2.75, 3.05) is 23.7 Å². The van der Waals surface area contributed by atoms with Crippen molar-refractivity contribution in [3.63, 3.8) is 0 Å². The topological polar surface area (TPSA) is 75.7 Å². The molecule has 6 nitrogen and oxygen atoms in total. The van der Waals surface area contributed by atoms with Crippen molar-refractivity contribution in [3.05, 3.63) is 59.7 Å². The lowest BCUT2D eigenvalue weighted by molar-refractivity contribution is -0.119. The van der Waals surface area contributed by atoms with E-state index < -0.39 is 10.0 Å². The van der Waals surface area contributed by atoms with Crippen molar-refractivity contribution in [1.29, 1.82) is 0 Å². The molecule has 7 heteroatoms. The third-order valence-electron chi connectivity index (χ3n) is 3.70. The summed E-state index contributed by atoms with van der Waals surface area (Å²) >= 11 is 0. The lowest BCUT2D eigenvalue weighted by Crippen LogP contribution is -2.40. The number of rotatable bonds is 8. The van der Waals surface area contributed by atoms with Gasteiger partial charge in [0, 0.05) is 6.54 Å². The maximum Gasteiger partial charge on any atom is 0.241 e. The first-order valence-corrected chi connectivity index (χ1v) is 10.2. The van der Waals surface area contributed by atoms with Crippen LogP contribution in [0.25, 0.3) is 0 Å². The summed E-state index contributed by atoms with van der Waals surface area (Å²) in [6, 6.07) is 14.4. The molecule has 1 amide bonds. The summed E-state index contributed by atoms with van der Waals surface area (Å²) in [5.74, 6) is 0.399. The highest BCUT2D eigenvalue weighted by Crippen LogP contribution is 2.18. The SMILES string of the molecule is CCOc1ccc(CNC(=O)CN(c2cccc(C)c2)S(C)(=O)=O)cc1. The van der Waals surface area contributed by atoms with Crippen molar-refractivity contribution in [3.8, 4) is 5.75 Å². The summed E-state index contributed by atoms with van der Waals surface area (Å²) in [5, 5.41) is 2.75. The summed E-state index contributed by atoms with van der Waals surface area (Å²) in [7, 11) is -3.57. The van der Waals surface area contributed by atoms with Gasteiger partial charge in [-0.15, -0.1) is 0 Å². The molecule has 2 aromatic rings. The molecular weight excluding hydrogens is 352 g/mol. The summed E-state index contributed by atoms with van der Waals surface area (Å²) in [6.45, 7) is 4.43. The maximum atomic E-state index is 12.3. The normalized spacial score (nSPS) is 11.0. The van der Waals surface area contributed by atoms with E-state index in [1.165, 1.54) is 0 Å². The van der Waals surface area contributed by atoms with Gasteiger partial charge in [0.15, 0.2) is 0 Å². The molecule has 0 aliphatic rings. The Labute approximate surface area is 154 Å². The monoisotopic (exact) mass is 376 g/mol. The van der Waals surface area contributed by atoms with E-state index in [0.29, 0.717) is 18.8 Å². The summed E-state index contributed by atoms with van der Waals surface area (Å²) in [5.41, 5.74) is 2.30. The van der Waals surface area contributed by atoms with Crippen molar-refractivity contribution in [2.45, 2.75) is 20.4 Å². The molecule has 2 aromatic carbocycles. The zero-order valence-electron chi connectivity index (χ0n) is 15.2. The highest BCUT2D eigenvalue weighted by Gasteiger charge is 2.20. The third kappa shape index (κ3) is 5.77. The molecule has 140 valence electrons. The highest BCUT2D eigenvalue weighted by molar-refractivity contribution is 7.92. The molecule has 0 aliphatic heterocycles. The molecule has 0 atom stereocenters. The minimum absolute atomic E-state index is 0.265. The molecule has 1 N–H and O–H groups in total. The van der Waals surface area contributed by atoms with Crippen molar-refractivity contribution in [1.82, 2.24) is 5.32 Å². The largest absolute Gasteiger partial charge is 0.494 e. The Morgan fingerprint density at radius 3 is 2.42 bits per heavy atom. The van der Waals surface area contributed by atoms with Gasteiger partial charge in [-0.2, -0.15) is 0 Å². The Hall–Kier alpha value is -2.54. The van der Waals surface area contributed by atoms with Gasteiger partial charge in [-0.05, 0) is 49.2 Å². The Morgan fingerprint density at radius 1 is 1.15 bits per heavy atom. The molecule has 0 spiro atoms. The number of carbonyl (C=O) groups is 1. The second-order valence-electron chi connectivity index (χ2n) is 5.96. The van der Waals surface area contributed by atoms with Crippen LogP contribution in [0.15, 0.2) is 48.5 Å². The van der Waals surface area contributed by atoms with Gasteiger partial charge < -0.3 is 10.1 Å². The molecule has 0 aromatic heterocycles. The van der Waals surface area contributed by atoms with Gasteiger partial charge in [0.05, 0.1) is 18.6 Å². The van der Waals surface area contributed by atoms with Gasteiger partial charge in [-0.3, -0.25) is 9.10 Å². The fourth-order valence-electron chi connectivity index (χ4n) is 2.44. The van der Waals surface area contributed by atoms with Crippen molar-refractivity contribution in [2.24, 2.45) is 0 Å². The van der Waals surface area contributed by atoms with Crippen LogP contribution >= 0.6 is 0 Å². The van der Waals surface area contributed by atoms with Crippen LogP contribution in [0, 0.1) is 6.92 Å². The number of nitrogens with zero attached hydrogens (tertiary/aromatic N) is 1. The second kappa shape index (κ2) is 8.71. The Bertz CT molecular complexity index is 848. The minimum atomic E-state index is -3.57. The molecule has 0 saturated carbocycles. The first-order chi connectivity index (χ1) is 12.3. The highest BCUT2D eigenvalue weighted by atomic mass is 32.2. The van der Waals surface area contributed by atoms with Gasteiger partial charge in [0.25, 0.3) is 0 Å². The van der Waals surface area contributed by atoms with Gasteiger partial charge in [0.2, 0.25) is 15.9 Å². The van der Waals surface area contributed by atoms with Crippen LogP contribution in [0.5, 0.6) is 5.75 Å². The number of ether oxygens (including phenoxy) is 1. The van der Waals surface area contributed by atoms with Gasteiger partial charge in [-0.1, -0.05) is 24.3 Å². The number of benzene rings is 2. The average Bonchev–Trinajstić information content (AvgIpc) is 2.58. The number of hydrogen-bond donors (Lipinski definition) is 1. The van der Waals surface area contributed by atoms with Crippen LogP contribution < -0.4 is 14.4 Å². The predicted molar refractivity (Wildman–Crippen MR) is 103 cm³/mol. The van der Waals surface area contributed by atoms with Crippen LogP contribution in [0.4, 0.5) is 5.69 Å². The summed E-state index contributed by atoms with van der Waals surface area (Å²) in [6.07, 6.45) is 1.09. The van der Waals surface area contributed by atoms with E-state index in [4.69, 9.17) is 4.74 Å². The van der Waals surface area contributed by atoms with Gasteiger partial charge in [-0.25, -0.2) is 8.42 Å². The van der Waals surface area contributed by atoms with E-state index in [0.717, 1.165) is 27.4 Å². The lowest BCUT2D eigenvalue weighted by atomic mass is 10.2. The van der Waals surface area contributed by atoms with Crippen LogP contribution in [-0.4, -0.2) is 33.7 Å². The number of aryl methyl sites for hydroxylation is 1. The van der Waals surface area contributed by atoms with Crippen LogP contribution in [0.2, 0.25) is 0 Å². The molecule has 0 radical (unpaired) electrons. The molecule has 0 fully saturated rings. The molecular formula is C19H24N2O4S. The lowest BCUT2D eigenvalue weighted by Gasteiger charge is -2.22. The van der Waals surface area contributed by atoms with Gasteiger partial charge in [0.1, 0.15) is 12.3 Å². The Morgan fingerprint density at radius 2 is 1.85 bits per heavy atom. The standard InChI is InChI=1S/C19H24N2O4S/c1-4-25-18-10-8-16(9-11-18)13-20-19(22)14-21(26(3,23)24)17-7-5-6-15(2)12-17/h5-12H,4,13-14H2,1-3H3,(H,20,22). The molecule has 2 rings (SSSR count). The van der Waals surface area contributed by atoms with Crippen molar-refractivity contribution >= 4 is 21.6 Å². The molecule has 0 heterocycles. The number of sulfonamides is 1. The Kier molecular flexibility index (Phi) is 6.63. The smallest absolute Gasteiger partial charge is 0.241 e. The summed E-state index contributed by atoms with van der Waals surface area (Å²) in [4.78, 5) is 12.3. The number of hydrogen-bond acceptors (Lipinski definition) is 4. The molecule has 0 bridgehead atoms. The van der Waals surface area contributed by atoms with E-state index in [-0.39, 0.29) is 12.5 Å². The predicted octanol–water partition coefficient (Wildman–Crippen LogP) is 2.48. The van der Waals surface area contributed by atoms with E-state index >= 15 is 0 Å². The van der Waals surface area contributed by atoms with E-state index in [9.17, 15) is 13.2 Å². The van der Waals surface area contributed by atoms with Gasteiger partial charge >= 0.3 is 0 Å². The number of carbonyl (C=O) groups excluding carboxylic acids is 1. The fourth-order valence-corrected chi connectivity index (χ4v) is 3.29. The zero-order valence-corrected chi connectivity index (χ0v) is 16.0. The molecule has 26 heavy (non-hydrogen) atoms. The average molecular weight is 376 g/mol. The maximum absolute atomic E-state index is 12.3. The van der Waals surface area contributed by atoms with Crippen LogP contribution in [-0.2, 0) is 21.4 Å². The molecule has 0 aliphatic carbocycles. The Balaban J connectivity index is 2.01. The first kappa shape index (κ1) is 19.8. The van der Waals surface area contributed by atoms with Crippen LogP contribution in [0.1, 0.15) is 18.1 Å². The first-order valence-electron chi connectivity index (χ1n) is 8.32.